The number of ether oxygens (including phenoxy) is 1. The fourth-order valence-electron chi connectivity index (χ4n) is 5.56. The molecule has 5 N–H and O–H groups in total. The number of rotatable bonds is 3. The number of carbonyl (C=O) groups excluding carboxylic acids is 4. The van der Waals surface area contributed by atoms with Gasteiger partial charge in [0.25, 0.3) is 5.91 Å². The maximum Gasteiger partial charge on any atom is 0.256 e. The summed E-state index contributed by atoms with van der Waals surface area (Å²) in [5.74, 6) is -3.24. The van der Waals surface area contributed by atoms with Crippen LogP contribution in [0, 0.1) is 5.82 Å². The number of fused-ring (bicyclic) bond motifs is 3. The summed E-state index contributed by atoms with van der Waals surface area (Å²) in [7, 11) is 0. The molecule has 0 radical (unpaired) electrons. The molecule has 1 aromatic heterocycles. The molecule has 1 aliphatic carbocycles. The van der Waals surface area contributed by atoms with E-state index in [0.29, 0.717) is 18.5 Å². The molecular formula is C31H36FN7O6. The predicted octanol–water partition coefficient (Wildman–Crippen LogP) is 0.762. The van der Waals surface area contributed by atoms with Crippen molar-refractivity contribution >= 4 is 23.6 Å². The van der Waals surface area contributed by atoms with Crippen molar-refractivity contribution in [1.29, 1.82) is 0 Å². The van der Waals surface area contributed by atoms with E-state index in [1.54, 1.807) is 6.20 Å². The third kappa shape index (κ3) is 7.63. The summed E-state index contributed by atoms with van der Waals surface area (Å²) in [6, 6.07) is 10.1. The molecule has 2 aromatic carbocycles. The van der Waals surface area contributed by atoms with E-state index in [2.05, 4.69) is 31.6 Å². The van der Waals surface area contributed by atoms with E-state index in [4.69, 9.17) is 4.74 Å². The number of benzene rings is 2. The molecule has 14 heteroatoms. The van der Waals surface area contributed by atoms with Crippen molar-refractivity contribution < 1.29 is 33.4 Å². The number of nitrogens with one attached hydrogen (secondary N) is 4. The number of aliphatic hydroxyl groups excluding tert-OH is 1. The fraction of sp³-hybridized carbons (Fsp3) is 0.419. The van der Waals surface area contributed by atoms with Gasteiger partial charge < -0.3 is 31.1 Å². The van der Waals surface area contributed by atoms with E-state index in [1.165, 1.54) is 17.7 Å². The van der Waals surface area contributed by atoms with Crippen LogP contribution in [0.25, 0.3) is 0 Å². The van der Waals surface area contributed by atoms with Gasteiger partial charge in [-0.2, -0.15) is 0 Å². The molecular weight excluding hydrogens is 585 g/mol. The molecule has 1 fully saturated rings. The molecule has 2 heterocycles. The molecule has 2 aliphatic rings. The van der Waals surface area contributed by atoms with Crippen LogP contribution in [-0.2, 0) is 33.9 Å². The summed E-state index contributed by atoms with van der Waals surface area (Å²) in [6.45, 7) is 1.66. The molecule has 238 valence electrons. The third-order valence-corrected chi connectivity index (χ3v) is 8.01. The van der Waals surface area contributed by atoms with Crippen LogP contribution >= 0.6 is 0 Å². The van der Waals surface area contributed by atoms with Crippen molar-refractivity contribution in [2.75, 3.05) is 6.61 Å². The lowest BCUT2D eigenvalue weighted by atomic mass is 9.94. The van der Waals surface area contributed by atoms with Gasteiger partial charge in [-0.1, -0.05) is 48.4 Å². The maximum absolute atomic E-state index is 14.3. The number of aliphatic hydroxyl groups is 1. The molecule has 13 nitrogen and oxygen atoms in total. The second-order valence-electron chi connectivity index (χ2n) is 11.4. The average Bonchev–Trinajstić information content (AvgIpc) is 3.69. The minimum absolute atomic E-state index is 0.0161. The molecule has 3 atom stereocenters. The van der Waals surface area contributed by atoms with Crippen LogP contribution in [-0.4, -0.2) is 74.1 Å². The van der Waals surface area contributed by atoms with Crippen LogP contribution in [0.2, 0.25) is 0 Å². The maximum atomic E-state index is 14.3. The zero-order chi connectivity index (χ0) is 32.0. The minimum atomic E-state index is -1.45. The molecule has 0 saturated heterocycles. The zero-order valence-corrected chi connectivity index (χ0v) is 24.8. The number of carbonyl (C=O) groups is 4. The van der Waals surface area contributed by atoms with Gasteiger partial charge >= 0.3 is 0 Å². The van der Waals surface area contributed by atoms with Crippen molar-refractivity contribution in [3.05, 3.63) is 77.4 Å². The molecule has 1 aliphatic heterocycles. The lowest BCUT2D eigenvalue weighted by molar-refractivity contribution is -0.136. The van der Waals surface area contributed by atoms with Crippen LogP contribution in [0.1, 0.15) is 54.2 Å². The van der Waals surface area contributed by atoms with Crippen molar-refractivity contribution in [3.63, 3.8) is 0 Å². The first-order valence-corrected chi connectivity index (χ1v) is 14.9. The molecule has 45 heavy (non-hydrogen) atoms. The van der Waals surface area contributed by atoms with Gasteiger partial charge in [0.1, 0.15) is 41.5 Å². The lowest BCUT2D eigenvalue weighted by Crippen LogP contribution is -2.63. The van der Waals surface area contributed by atoms with Crippen molar-refractivity contribution in [2.45, 2.75) is 75.8 Å². The topological polar surface area (TPSA) is 177 Å². The molecule has 1 saturated carbocycles. The van der Waals surface area contributed by atoms with E-state index in [1.807, 2.05) is 30.3 Å². The van der Waals surface area contributed by atoms with E-state index in [-0.39, 0.29) is 50.3 Å². The van der Waals surface area contributed by atoms with Gasteiger partial charge in [0, 0.05) is 6.42 Å². The van der Waals surface area contributed by atoms with Crippen molar-refractivity contribution in [3.8, 4) is 5.75 Å². The van der Waals surface area contributed by atoms with Gasteiger partial charge in [0.05, 0.1) is 31.0 Å². The first kappa shape index (κ1) is 31.6. The zero-order valence-electron chi connectivity index (χ0n) is 24.8. The largest absolute Gasteiger partial charge is 0.491 e. The van der Waals surface area contributed by atoms with Crippen molar-refractivity contribution in [1.82, 2.24) is 36.3 Å². The number of hydrogen-bond donors (Lipinski definition) is 5. The third-order valence-electron chi connectivity index (χ3n) is 8.01. The Morgan fingerprint density at radius 3 is 2.56 bits per heavy atom. The van der Waals surface area contributed by atoms with Crippen LogP contribution < -0.4 is 26.0 Å². The standard InChI is InChI=1S/C31H36FN7O6/c1-19(40)26-29(43)34-24(15-20-7-3-2-4-8-20)28(42)33-17-22-18-39(38-37-22)13-14-45-25-10-9-21(32)16-23(25)27(41)36-31(30(44)35-26)11-5-6-12-31/h2-4,7-10,16,18-19,24,26,40H,5-6,11-15,17H2,1H3,(H,33,42)(H,34,43)(H,35,44)(H,36,41)/t19-,24-,26+/m1/s1. The van der Waals surface area contributed by atoms with Gasteiger partial charge in [0.2, 0.25) is 17.7 Å². The van der Waals surface area contributed by atoms with Crippen LogP contribution in [0.15, 0.2) is 54.7 Å². The Morgan fingerprint density at radius 1 is 1.07 bits per heavy atom. The summed E-state index contributed by atoms with van der Waals surface area (Å²) in [4.78, 5) is 54.2. The number of halogens is 1. The van der Waals surface area contributed by atoms with E-state index in [0.717, 1.165) is 17.7 Å². The van der Waals surface area contributed by atoms with Gasteiger partial charge in [-0.25, -0.2) is 9.07 Å². The molecule has 5 rings (SSSR count). The summed E-state index contributed by atoms with van der Waals surface area (Å²) in [5, 5.41) is 29.5. The highest BCUT2D eigenvalue weighted by molar-refractivity contribution is 6.02. The van der Waals surface area contributed by atoms with Gasteiger partial charge in [-0.05, 0) is 43.5 Å². The number of aromatic nitrogens is 3. The predicted molar refractivity (Wildman–Crippen MR) is 158 cm³/mol. The second-order valence-corrected chi connectivity index (χ2v) is 11.4. The number of amides is 4. The highest BCUT2D eigenvalue weighted by Gasteiger charge is 2.45. The van der Waals surface area contributed by atoms with Crippen LogP contribution in [0.4, 0.5) is 4.39 Å². The van der Waals surface area contributed by atoms with E-state index >= 15 is 0 Å². The highest BCUT2D eigenvalue weighted by Crippen LogP contribution is 2.31. The van der Waals surface area contributed by atoms with Gasteiger partial charge in [-0.15, -0.1) is 5.10 Å². The minimum Gasteiger partial charge on any atom is -0.491 e. The van der Waals surface area contributed by atoms with Crippen LogP contribution in [0.5, 0.6) is 5.75 Å². The normalized spacial score (nSPS) is 21.8. The molecule has 0 unspecified atom stereocenters. The monoisotopic (exact) mass is 621 g/mol. The Kier molecular flexibility index (Phi) is 9.71. The number of hydrogen-bond acceptors (Lipinski definition) is 8. The number of nitrogens with zero attached hydrogens (tertiary/aromatic N) is 3. The van der Waals surface area contributed by atoms with Crippen molar-refractivity contribution in [2.24, 2.45) is 0 Å². The lowest BCUT2D eigenvalue weighted by Gasteiger charge is -2.32. The van der Waals surface area contributed by atoms with Gasteiger partial charge in [-0.3, -0.25) is 19.2 Å². The molecule has 3 aromatic rings. The Balaban J connectivity index is 1.47. The first-order valence-electron chi connectivity index (χ1n) is 14.9. The average molecular weight is 622 g/mol. The summed E-state index contributed by atoms with van der Waals surface area (Å²) >= 11 is 0. The summed E-state index contributed by atoms with van der Waals surface area (Å²) < 4.78 is 21.6. The van der Waals surface area contributed by atoms with Crippen LogP contribution in [0.3, 0.4) is 0 Å². The molecule has 1 spiro atoms. The Morgan fingerprint density at radius 2 is 1.82 bits per heavy atom. The smallest absolute Gasteiger partial charge is 0.256 e. The highest BCUT2D eigenvalue weighted by atomic mass is 19.1. The Hall–Kier alpha value is -4.85. The second kappa shape index (κ2) is 13.8. The van der Waals surface area contributed by atoms with Gasteiger partial charge in [0.15, 0.2) is 0 Å². The van der Waals surface area contributed by atoms with E-state index < -0.39 is 53.2 Å². The van der Waals surface area contributed by atoms with E-state index in [9.17, 15) is 28.7 Å². The fourth-order valence-corrected chi connectivity index (χ4v) is 5.56. The Labute approximate surface area is 258 Å². The molecule has 2 bridgehead atoms. The summed E-state index contributed by atoms with van der Waals surface area (Å²) in [5.41, 5.74) is -0.299. The summed E-state index contributed by atoms with van der Waals surface area (Å²) in [6.07, 6.45) is 2.16. The Bertz CT molecular complexity index is 1540. The SMILES string of the molecule is C[C@@H](O)[C@@H]1NC(=O)C2(CCCC2)NC(=O)c2cc(F)ccc2OCCn2cc(nn2)CNC(=O)[C@@H](Cc2ccccc2)NC1=O. The quantitative estimate of drug-likeness (QED) is 0.285. The first-order chi connectivity index (χ1) is 21.6. The molecule has 4 amide bonds.